The van der Waals surface area contributed by atoms with Crippen LogP contribution >= 0.6 is 0 Å². The number of rotatable bonds is 10. The quantitative estimate of drug-likeness (QED) is 0.576. The van der Waals surface area contributed by atoms with Gasteiger partial charge in [0.25, 0.3) is 0 Å². The van der Waals surface area contributed by atoms with Crippen LogP contribution in [0.25, 0.3) is 0 Å². The standard InChI is InChI=1S/C14H30N2/c1-4-8-15-10-13(3)11-16(9-5-2)12-14-6-7-14/h13-15H,4-12H2,1-3H3. The summed E-state index contributed by atoms with van der Waals surface area (Å²) < 4.78 is 0. The highest BCUT2D eigenvalue weighted by Gasteiger charge is 2.24. The molecular formula is C14H30N2. The van der Waals surface area contributed by atoms with Gasteiger partial charge in [0.15, 0.2) is 0 Å². The minimum atomic E-state index is 0.789. The summed E-state index contributed by atoms with van der Waals surface area (Å²) >= 11 is 0. The van der Waals surface area contributed by atoms with Crippen LogP contribution in [0.5, 0.6) is 0 Å². The Kier molecular flexibility index (Phi) is 7.06. The molecule has 2 nitrogen and oxygen atoms in total. The summed E-state index contributed by atoms with van der Waals surface area (Å²) in [5, 5.41) is 3.52. The zero-order valence-corrected chi connectivity index (χ0v) is 11.5. The van der Waals surface area contributed by atoms with Gasteiger partial charge in [-0.2, -0.15) is 0 Å². The van der Waals surface area contributed by atoms with Gasteiger partial charge in [0.1, 0.15) is 0 Å². The summed E-state index contributed by atoms with van der Waals surface area (Å²) in [4.78, 5) is 2.68. The van der Waals surface area contributed by atoms with E-state index in [0.717, 1.165) is 11.8 Å². The Balaban J connectivity index is 2.12. The lowest BCUT2D eigenvalue weighted by molar-refractivity contribution is 0.226. The molecule has 2 heteroatoms. The Morgan fingerprint density at radius 2 is 2.00 bits per heavy atom. The first-order valence-electron chi connectivity index (χ1n) is 7.19. The molecule has 0 amide bonds. The van der Waals surface area contributed by atoms with E-state index in [1.807, 2.05) is 0 Å². The maximum atomic E-state index is 3.52. The highest BCUT2D eigenvalue weighted by molar-refractivity contribution is 4.78. The molecule has 1 N–H and O–H groups in total. The van der Waals surface area contributed by atoms with Crippen LogP contribution in [0.1, 0.15) is 46.5 Å². The molecule has 0 radical (unpaired) electrons. The van der Waals surface area contributed by atoms with E-state index in [2.05, 4.69) is 31.0 Å². The second kappa shape index (κ2) is 8.08. The molecule has 1 atom stereocenters. The van der Waals surface area contributed by atoms with Crippen molar-refractivity contribution in [2.24, 2.45) is 11.8 Å². The minimum Gasteiger partial charge on any atom is -0.316 e. The summed E-state index contributed by atoms with van der Waals surface area (Å²) in [5.41, 5.74) is 0. The first-order valence-corrected chi connectivity index (χ1v) is 7.19. The Labute approximate surface area is 102 Å². The predicted molar refractivity (Wildman–Crippen MR) is 71.8 cm³/mol. The summed E-state index contributed by atoms with van der Waals surface area (Å²) in [6, 6.07) is 0. The number of nitrogens with one attached hydrogen (secondary N) is 1. The highest BCUT2D eigenvalue weighted by atomic mass is 15.1. The van der Waals surface area contributed by atoms with Crippen LogP contribution in [0, 0.1) is 11.8 Å². The van der Waals surface area contributed by atoms with E-state index in [4.69, 9.17) is 0 Å². The molecule has 96 valence electrons. The summed E-state index contributed by atoms with van der Waals surface area (Å²) in [5.74, 6) is 1.82. The van der Waals surface area contributed by atoms with Gasteiger partial charge >= 0.3 is 0 Å². The SMILES string of the molecule is CCCNCC(C)CN(CCC)CC1CC1. The third-order valence-electron chi connectivity index (χ3n) is 3.24. The summed E-state index contributed by atoms with van der Waals surface area (Å²) in [6.45, 7) is 13.2. The average molecular weight is 226 g/mol. The van der Waals surface area contributed by atoms with Crippen molar-refractivity contribution in [2.45, 2.75) is 46.5 Å². The molecule has 1 aliphatic carbocycles. The molecule has 1 aliphatic rings. The van der Waals surface area contributed by atoms with E-state index < -0.39 is 0 Å². The van der Waals surface area contributed by atoms with Crippen molar-refractivity contribution < 1.29 is 0 Å². The van der Waals surface area contributed by atoms with Crippen LogP contribution in [0.2, 0.25) is 0 Å². The molecule has 1 saturated carbocycles. The van der Waals surface area contributed by atoms with Gasteiger partial charge in [-0.05, 0) is 57.2 Å². The van der Waals surface area contributed by atoms with E-state index in [1.54, 1.807) is 0 Å². The van der Waals surface area contributed by atoms with Gasteiger partial charge in [0.05, 0.1) is 0 Å². The average Bonchev–Trinajstić information content (AvgIpc) is 3.02. The zero-order chi connectivity index (χ0) is 11.8. The van der Waals surface area contributed by atoms with Crippen molar-refractivity contribution in [3.63, 3.8) is 0 Å². The minimum absolute atomic E-state index is 0.789. The van der Waals surface area contributed by atoms with Crippen molar-refractivity contribution in [3.8, 4) is 0 Å². The molecule has 0 aromatic rings. The molecule has 1 unspecified atom stereocenters. The van der Waals surface area contributed by atoms with Gasteiger partial charge in [-0.25, -0.2) is 0 Å². The first kappa shape index (κ1) is 14.0. The van der Waals surface area contributed by atoms with Gasteiger partial charge in [-0.3, -0.25) is 0 Å². The van der Waals surface area contributed by atoms with Crippen molar-refractivity contribution in [2.75, 3.05) is 32.7 Å². The topological polar surface area (TPSA) is 15.3 Å². The molecule has 0 heterocycles. The molecular weight excluding hydrogens is 196 g/mol. The lowest BCUT2D eigenvalue weighted by atomic mass is 10.1. The van der Waals surface area contributed by atoms with Crippen LogP contribution < -0.4 is 5.32 Å². The highest BCUT2D eigenvalue weighted by Crippen LogP contribution is 2.29. The Morgan fingerprint density at radius 3 is 2.56 bits per heavy atom. The molecule has 1 rings (SSSR count). The number of hydrogen-bond donors (Lipinski definition) is 1. The van der Waals surface area contributed by atoms with Crippen LogP contribution in [0.3, 0.4) is 0 Å². The van der Waals surface area contributed by atoms with Crippen LogP contribution in [0.4, 0.5) is 0 Å². The van der Waals surface area contributed by atoms with Gasteiger partial charge < -0.3 is 10.2 Å². The Bertz CT molecular complexity index is 166. The van der Waals surface area contributed by atoms with Crippen molar-refractivity contribution >= 4 is 0 Å². The van der Waals surface area contributed by atoms with Crippen molar-refractivity contribution in [1.82, 2.24) is 10.2 Å². The second-order valence-corrected chi connectivity index (χ2v) is 5.51. The van der Waals surface area contributed by atoms with E-state index in [9.17, 15) is 0 Å². The normalized spacial score (nSPS) is 18.0. The van der Waals surface area contributed by atoms with E-state index in [0.29, 0.717) is 0 Å². The van der Waals surface area contributed by atoms with Crippen molar-refractivity contribution in [1.29, 1.82) is 0 Å². The van der Waals surface area contributed by atoms with Crippen molar-refractivity contribution in [3.05, 3.63) is 0 Å². The lowest BCUT2D eigenvalue weighted by Crippen LogP contribution is -2.35. The number of hydrogen-bond acceptors (Lipinski definition) is 2. The van der Waals surface area contributed by atoms with E-state index in [1.165, 1.54) is 58.4 Å². The first-order chi connectivity index (χ1) is 7.76. The maximum Gasteiger partial charge on any atom is 0.00193 e. The Morgan fingerprint density at radius 1 is 1.25 bits per heavy atom. The van der Waals surface area contributed by atoms with Gasteiger partial charge in [0, 0.05) is 13.1 Å². The molecule has 0 aliphatic heterocycles. The molecule has 16 heavy (non-hydrogen) atoms. The fourth-order valence-electron chi connectivity index (χ4n) is 2.27. The third kappa shape index (κ3) is 6.49. The fraction of sp³-hybridized carbons (Fsp3) is 1.00. The largest absolute Gasteiger partial charge is 0.316 e. The zero-order valence-electron chi connectivity index (χ0n) is 11.5. The van der Waals surface area contributed by atoms with Gasteiger partial charge in [0.2, 0.25) is 0 Å². The third-order valence-corrected chi connectivity index (χ3v) is 3.24. The summed E-state index contributed by atoms with van der Waals surface area (Å²) in [6.07, 6.45) is 5.49. The lowest BCUT2D eigenvalue weighted by Gasteiger charge is -2.25. The predicted octanol–water partition coefficient (Wildman–Crippen LogP) is 2.74. The molecule has 0 saturated heterocycles. The monoisotopic (exact) mass is 226 g/mol. The van der Waals surface area contributed by atoms with E-state index in [-0.39, 0.29) is 0 Å². The summed E-state index contributed by atoms with van der Waals surface area (Å²) in [7, 11) is 0. The van der Waals surface area contributed by atoms with E-state index >= 15 is 0 Å². The van der Waals surface area contributed by atoms with Gasteiger partial charge in [-0.15, -0.1) is 0 Å². The molecule has 0 bridgehead atoms. The Hall–Kier alpha value is -0.0800. The molecule has 0 spiro atoms. The number of nitrogens with zero attached hydrogens (tertiary/aromatic N) is 1. The fourth-order valence-corrected chi connectivity index (χ4v) is 2.27. The van der Waals surface area contributed by atoms with Gasteiger partial charge in [-0.1, -0.05) is 20.8 Å². The molecule has 0 aromatic carbocycles. The van der Waals surface area contributed by atoms with Crippen LogP contribution in [-0.2, 0) is 0 Å². The molecule has 1 fully saturated rings. The smallest absolute Gasteiger partial charge is 0.00193 e. The van der Waals surface area contributed by atoms with Crippen LogP contribution in [0.15, 0.2) is 0 Å². The molecule has 0 aromatic heterocycles. The second-order valence-electron chi connectivity index (χ2n) is 5.51. The maximum absolute atomic E-state index is 3.52. The van der Waals surface area contributed by atoms with Crippen LogP contribution in [-0.4, -0.2) is 37.6 Å².